The number of carbonyl (C=O) groups is 2. The van der Waals surface area contributed by atoms with Gasteiger partial charge in [-0.25, -0.2) is 9.59 Å². The molecule has 1 atom stereocenters. The molecule has 7 nitrogen and oxygen atoms in total. The molecule has 154 valence electrons. The molecule has 1 aliphatic rings. The van der Waals surface area contributed by atoms with Crippen molar-refractivity contribution in [3.63, 3.8) is 0 Å². The molecule has 0 unspecified atom stereocenters. The third-order valence-corrected chi connectivity index (χ3v) is 5.74. The van der Waals surface area contributed by atoms with Gasteiger partial charge in [0.1, 0.15) is 5.37 Å². The summed E-state index contributed by atoms with van der Waals surface area (Å²) in [5.41, 5.74) is 1.94. The lowest BCUT2D eigenvalue weighted by molar-refractivity contribution is 0.0526. The molecule has 1 saturated heterocycles. The van der Waals surface area contributed by atoms with Gasteiger partial charge in [-0.2, -0.15) is 0 Å². The number of rotatable bonds is 6. The predicted molar refractivity (Wildman–Crippen MR) is 113 cm³/mol. The number of benzene rings is 2. The van der Waals surface area contributed by atoms with E-state index in [-0.39, 0.29) is 17.4 Å². The van der Waals surface area contributed by atoms with Crippen molar-refractivity contribution < 1.29 is 23.8 Å². The molecule has 29 heavy (non-hydrogen) atoms. The molecule has 1 fully saturated rings. The molecule has 2 aromatic rings. The normalized spacial score (nSPS) is 15.7. The number of esters is 1. The fourth-order valence-electron chi connectivity index (χ4n) is 3.14. The van der Waals surface area contributed by atoms with E-state index in [0.29, 0.717) is 35.9 Å². The number of nitrogens with one attached hydrogen (secondary N) is 1. The summed E-state index contributed by atoms with van der Waals surface area (Å²) in [6.45, 7) is 2.69. The van der Waals surface area contributed by atoms with Gasteiger partial charge in [0, 0.05) is 23.5 Å². The van der Waals surface area contributed by atoms with Crippen LogP contribution in [0, 0.1) is 0 Å². The van der Waals surface area contributed by atoms with E-state index in [4.69, 9.17) is 14.2 Å². The van der Waals surface area contributed by atoms with Crippen LogP contribution in [-0.2, 0) is 4.74 Å². The van der Waals surface area contributed by atoms with Crippen LogP contribution in [0.15, 0.2) is 42.5 Å². The van der Waals surface area contributed by atoms with E-state index < -0.39 is 0 Å². The van der Waals surface area contributed by atoms with Gasteiger partial charge in [-0.05, 0) is 37.3 Å². The molecule has 0 bridgehead atoms. The van der Waals surface area contributed by atoms with Crippen molar-refractivity contribution in [1.82, 2.24) is 4.90 Å². The first-order valence-corrected chi connectivity index (χ1v) is 10.3. The fourth-order valence-corrected chi connectivity index (χ4v) is 4.41. The van der Waals surface area contributed by atoms with Crippen LogP contribution in [0.3, 0.4) is 0 Å². The summed E-state index contributed by atoms with van der Waals surface area (Å²) < 4.78 is 15.9. The Hall–Kier alpha value is -2.87. The fraction of sp³-hybridized carbons (Fsp3) is 0.333. The maximum absolute atomic E-state index is 12.9. The summed E-state index contributed by atoms with van der Waals surface area (Å²) in [7, 11) is 3.18. The zero-order valence-corrected chi connectivity index (χ0v) is 17.5. The lowest BCUT2D eigenvalue weighted by atomic mass is 10.1. The van der Waals surface area contributed by atoms with Crippen LogP contribution in [0.25, 0.3) is 0 Å². The molecule has 1 aliphatic heterocycles. The number of ether oxygens (including phenoxy) is 3. The third kappa shape index (κ3) is 4.59. The van der Waals surface area contributed by atoms with Crippen LogP contribution in [0.4, 0.5) is 10.5 Å². The van der Waals surface area contributed by atoms with E-state index in [9.17, 15) is 9.59 Å². The highest BCUT2D eigenvalue weighted by Gasteiger charge is 2.33. The largest absolute Gasteiger partial charge is 0.493 e. The van der Waals surface area contributed by atoms with Crippen LogP contribution in [0.1, 0.15) is 28.2 Å². The molecule has 3 rings (SSSR count). The average molecular weight is 416 g/mol. The number of methoxy groups -OCH3 is 2. The molecule has 8 heteroatoms. The summed E-state index contributed by atoms with van der Waals surface area (Å²) in [4.78, 5) is 26.4. The number of anilines is 1. The minimum Gasteiger partial charge on any atom is -0.493 e. The SMILES string of the molecule is CCOC(=O)c1ccc(NC(=O)N2CCS[C@H]2c2cccc(OC)c2OC)cc1. The molecule has 2 amide bonds. The van der Waals surface area contributed by atoms with Crippen molar-refractivity contribution in [2.24, 2.45) is 0 Å². The van der Waals surface area contributed by atoms with Gasteiger partial charge in [-0.15, -0.1) is 11.8 Å². The molecule has 0 aromatic heterocycles. The Morgan fingerprint density at radius 2 is 1.90 bits per heavy atom. The van der Waals surface area contributed by atoms with E-state index in [1.807, 2.05) is 18.2 Å². The Morgan fingerprint density at radius 3 is 2.55 bits per heavy atom. The van der Waals surface area contributed by atoms with Crippen LogP contribution in [-0.4, -0.2) is 50.0 Å². The van der Waals surface area contributed by atoms with Gasteiger partial charge in [-0.1, -0.05) is 12.1 Å². The molecule has 0 radical (unpaired) electrons. The van der Waals surface area contributed by atoms with Gasteiger partial charge >= 0.3 is 12.0 Å². The average Bonchev–Trinajstić information content (AvgIpc) is 3.23. The van der Waals surface area contributed by atoms with Crippen molar-refractivity contribution in [3.05, 3.63) is 53.6 Å². The van der Waals surface area contributed by atoms with Crippen LogP contribution in [0.2, 0.25) is 0 Å². The second-order valence-corrected chi connectivity index (χ2v) is 7.42. The van der Waals surface area contributed by atoms with Crippen LogP contribution < -0.4 is 14.8 Å². The number of para-hydroxylation sites is 1. The van der Waals surface area contributed by atoms with Crippen molar-refractivity contribution in [1.29, 1.82) is 0 Å². The van der Waals surface area contributed by atoms with Gasteiger partial charge in [0.15, 0.2) is 11.5 Å². The Bertz CT molecular complexity index is 872. The third-order valence-electron chi connectivity index (χ3n) is 4.50. The van der Waals surface area contributed by atoms with Gasteiger partial charge < -0.3 is 24.4 Å². The molecule has 1 heterocycles. The highest BCUT2D eigenvalue weighted by Crippen LogP contribution is 2.45. The molecular weight excluding hydrogens is 392 g/mol. The number of hydrogen-bond donors (Lipinski definition) is 1. The molecular formula is C21H24N2O5S. The molecule has 0 spiro atoms. The highest BCUT2D eigenvalue weighted by molar-refractivity contribution is 7.99. The lowest BCUT2D eigenvalue weighted by Crippen LogP contribution is -2.34. The zero-order valence-electron chi connectivity index (χ0n) is 16.6. The van der Waals surface area contributed by atoms with E-state index >= 15 is 0 Å². The molecule has 1 N–H and O–H groups in total. The standard InChI is InChI=1S/C21H24N2O5S/c1-4-28-20(24)14-8-10-15(11-9-14)22-21(25)23-12-13-29-19(23)16-6-5-7-17(26-2)18(16)27-3/h5-11,19H,4,12-13H2,1-3H3,(H,22,25)/t19-/m0/s1. The minimum atomic E-state index is -0.383. The maximum Gasteiger partial charge on any atom is 0.338 e. The van der Waals surface area contributed by atoms with Crippen LogP contribution in [0.5, 0.6) is 11.5 Å². The topological polar surface area (TPSA) is 77.1 Å². The van der Waals surface area contributed by atoms with Gasteiger partial charge in [-0.3, -0.25) is 0 Å². The lowest BCUT2D eigenvalue weighted by Gasteiger charge is -2.26. The van der Waals surface area contributed by atoms with E-state index in [2.05, 4.69) is 5.32 Å². The molecule has 0 saturated carbocycles. The van der Waals surface area contributed by atoms with Gasteiger partial charge in [0.25, 0.3) is 0 Å². The number of urea groups is 1. The number of carbonyl (C=O) groups excluding carboxylic acids is 2. The van der Waals surface area contributed by atoms with Crippen LogP contribution >= 0.6 is 11.8 Å². The number of amides is 2. The van der Waals surface area contributed by atoms with E-state index in [1.165, 1.54) is 0 Å². The Kier molecular flexibility index (Phi) is 6.87. The first-order chi connectivity index (χ1) is 14.1. The Morgan fingerprint density at radius 1 is 1.14 bits per heavy atom. The summed E-state index contributed by atoms with van der Waals surface area (Å²) in [5.74, 6) is 1.70. The quantitative estimate of drug-likeness (QED) is 0.713. The van der Waals surface area contributed by atoms with Gasteiger partial charge in [0.05, 0.1) is 26.4 Å². The van der Waals surface area contributed by atoms with E-state index in [0.717, 1.165) is 11.3 Å². The predicted octanol–water partition coefficient (Wildman–Crippen LogP) is 4.16. The van der Waals surface area contributed by atoms with Crippen molar-refractivity contribution >= 4 is 29.4 Å². The van der Waals surface area contributed by atoms with Crippen molar-refractivity contribution in [2.75, 3.05) is 38.4 Å². The second-order valence-electron chi connectivity index (χ2n) is 6.23. The summed E-state index contributed by atoms with van der Waals surface area (Å²) in [5, 5.41) is 2.72. The van der Waals surface area contributed by atoms with Crippen molar-refractivity contribution in [3.8, 4) is 11.5 Å². The number of nitrogens with zero attached hydrogens (tertiary/aromatic N) is 1. The summed E-state index contributed by atoms with van der Waals surface area (Å²) in [6, 6.07) is 12.1. The van der Waals surface area contributed by atoms with Gasteiger partial charge in [0.2, 0.25) is 0 Å². The molecule has 2 aromatic carbocycles. The summed E-state index contributed by atoms with van der Waals surface area (Å²) >= 11 is 1.67. The number of thioether (sulfide) groups is 1. The monoisotopic (exact) mass is 416 g/mol. The maximum atomic E-state index is 12.9. The second kappa shape index (κ2) is 9.56. The number of hydrogen-bond acceptors (Lipinski definition) is 6. The highest BCUT2D eigenvalue weighted by atomic mass is 32.2. The van der Waals surface area contributed by atoms with E-state index in [1.54, 1.807) is 62.1 Å². The Labute approximate surface area is 174 Å². The van der Waals surface area contributed by atoms with Crippen molar-refractivity contribution in [2.45, 2.75) is 12.3 Å². The first kappa shape index (κ1) is 20.9. The molecule has 0 aliphatic carbocycles. The smallest absolute Gasteiger partial charge is 0.338 e. The summed E-state index contributed by atoms with van der Waals surface area (Å²) in [6.07, 6.45) is 0. The first-order valence-electron chi connectivity index (χ1n) is 9.26. The minimum absolute atomic E-state index is 0.182. The zero-order chi connectivity index (χ0) is 20.8. The Balaban J connectivity index is 1.75.